The van der Waals surface area contributed by atoms with Crippen LogP contribution >= 0.6 is 0 Å². The molecular weight excluding hydrogens is 216 g/mol. The van der Waals surface area contributed by atoms with E-state index in [0.717, 1.165) is 26.1 Å². The summed E-state index contributed by atoms with van der Waals surface area (Å²) in [6.45, 7) is 10.5. The average Bonchev–Trinajstić information content (AvgIpc) is 2.84. The molecule has 1 N–H and O–H groups in total. The highest BCUT2D eigenvalue weighted by Crippen LogP contribution is 2.30. The van der Waals surface area contributed by atoms with Gasteiger partial charge in [0, 0.05) is 19.1 Å². The van der Waals surface area contributed by atoms with E-state index >= 15 is 0 Å². The molecule has 2 fully saturated rings. The molecule has 2 aliphatic rings. The zero-order chi connectivity index (χ0) is 12.5. The van der Waals surface area contributed by atoms with Gasteiger partial charge in [-0.25, -0.2) is 0 Å². The van der Waals surface area contributed by atoms with Crippen molar-refractivity contribution in [2.24, 2.45) is 11.3 Å². The number of likely N-dealkylation sites (N-methyl/N-ethyl adjacent to an activating group) is 1. The summed E-state index contributed by atoms with van der Waals surface area (Å²) in [5, 5.41) is 3.35. The van der Waals surface area contributed by atoms with Gasteiger partial charge in [-0.15, -0.1) is 0 Å². The highest BCUT2D eigenvalue weighted by molar-refractivity contribution is 5.80. The normalized spacial score (nSPS) is 32.1. The first kappa shape index (κ1) is 12.8. The molecule has 2 heterocycles. The van der Waals surface area contributed by atoms with Gasteiger partial charge in [0.25, 0.3) is 0 Å². The molecule has 0 aromatic heterocycles. The Labute approximate surface area is 104 Å². The van der Waals surface area contributed by atoms with E-state index in [1.54, 1.807) is 0 Å². The Morgan fingerprint density at radius 3 is 2.82 bits per heavy atom. The van der Waals surface area contributed by atoms with Gasteiger partial charge in [0.2, 0.25) is 5.91 Å². The van der Waals surface area contributed by atoms with Crippen LogP contribution in [0.4, 0.5) is 0 Å². The van der Waals surface area contributed by atoms with Gasteiger partial charge in [0.05, 0.1) is 19.1 Å². The van der Waals surface area contributed by atoms with Crippen molar-refractivity contribution in [3.05, 3.63) is 0 Å². The molecule has 0 aliphatic carbocycles. The third-order valence-electron chi connectivity index (χ3n) is 3.85. The van der Waals surface area contributed by atoms with Crippen molar-refractivity contribution in [2.75, 3.05) is 32.8 Å². The van der Waals surface area contributed by atoms with Crippen LogP contribution in [0.5, 0.6) is 0 Å². The lowest BCUT2D eigenvalue weighted by atomic mass is 9.93. The molecule has 2 atom stereocenters. The van der Waals surface area contributed by atoms with Crippen LogP contribution in [0.3, 0.4) is 0 Å². The summed E-state index contributed by atoms with van der Waals surface area (Å²) in [6, 6.07) is 0.205. The maximum Gasteiger partial charge on any atom is 0.229 e. The van der Waals surface area contributed by atoms with Gasteiger partial charge < -0.3 is 15.0 Å². The molecule has 0 aromatic rings. The third-order valence-corrected chi connectivity index (χ3v) is 3.85. The molecule has 0 saturated carbocycles. The topological polar surface area (TPSA) is 41.6 Å². The fourth-order valence-corrected chi connectivity index (χ4v) is 2.80. The molecule has 0 spiro atoms. The van der Waals surface area contributed by atoms with Crippen LogP contribution in [0.25, 0.3) is 0 Å². The lowest BCUT2D eigenvalue weighted by Crippen LogP contribution is -2.45. The molecule has 2 aliphatic heterocycles. The third kappa shape index (κ3) is 2.80. The number of hydrogen-bond acceptors (Lipinski definition) is 3. The molecule has 4 nitrogen and oxygen atoms in total. The van der Waals surface area contributed by atoms with Crippen molar-refractivity contribution in [2.45, 2.75) is 33.2 Å². The van der Waals surface area contributed by atoms with E-state index < -0.39 is 0 Å². The summed E-state index contributed by atoms with van der Waals surface area (Å²) >= 11 is 0. The Morgan fingerprint density at radius 1 is 1.47 bits per heavy atom. The second-order valence-corrected chi connectivity index (χ2v) is 5.98. The summed E-state index contributed by atoms with van der Waals surface area (Å²) in [4.78, 5) is 14.4. The van der Waals surface area contributed by atoms with Gasteiger partial charge in [-0.1, -0.05) is 20.8 Å². The average molecular weight is 240 g/mol. The van der Waals surface area contributed by atoms with E-state index in [0.29, 0.717) is 13.2 Å². The van der Waals surface area contributed by atoms with Gasteiger partial charge in [-0.05, 0) is 18.4 Å². The fourth-order valence-electron chi connectivity index (χ4n) is 2.80. The first-order valence-electron chi connectivity index (χ1n) is 6.63. The van der Waals surface area contributed by atoms with Crippen molar-refractivity contribution in [3.8, 4) is 0 Å². The van der Waals surface area contributed by atoms with Crippen LogP contribution in [0.15, 0.2) is 0 Å². The molecule has 2 saturated heterocycles. The monoisotopic (exact) mass is 240 g/mol. The van der Waals surface area contributed by atoms with Crippen LogP contribution in [-0.2, 0) is 9.53 Å². The van der Waals surface area contributed by atoms with Crippen LogP contribution in [0.2, 0.25) is 0 Å². The molecule has 98 valence electrons. The summed E-state index contributed by atoms with van der Waals surface area (Å²) < 4.78 is 5.44. The Morgan fingerprint density at radius 2 is 2.24 bits per heavy atom. The Kier molecular flexibility index (Phi) is 3.73. The summed E-state index contributed by atoms with van der Waals surface area (Å²) in [6.07, 6.45) is 1.11. The number of likely N-dealkylation sites (tertiary alicyclic amines) is 1. The maximum absolute atomic E-state index is 12.4. The quantitative estimate of drug-likeness (QED) is 0.796. The Hall–Kier alpha value is -0.610. The van der Waals surface area contributed by atoms with E-state index in [2.05, 4.69) is 26.1 Å². The lowest BCUT2D eigenvalue weighted by molar-refractivity contribution is -0.135. The minimum atomic E-state index is 0.0175. The number of nitrogens with one attached hydrogen (secondary N) is 1. The molecule has 2 rings (SSSR count). The molecular formula is C13H24N2O2. The molecule has 0 bridgehead atoms. The number of nitrogens with zero attached hydrogens (tertiary/aromatic N) is 1. The van der Waals surface area contributed by atoms with Gasteiger partial charge in [0.15, 0.2) is 0 Å². The van der Waals surface area contributed by atoms with E-state index in [1.165, 1.54) is 0 Å². The van der Waals surface area contributed by atoms with Crippen molar-refractivity contribution >= 4 is 5.91 Å². The zero-order valence-electron chi connectivity index (χ0n) is 11.2. The molecule has 4 heteroatoms. The van der Waals surface area contributed by atoms with Crippen LogP contribution < -0.4 is 5.32 Å². The predicted molar refractivity (Wildman–Crippen MR) is 66.8 cm³/mol. The smallest absolute Gasteiger partial charge is 0.229 e. The summed E-state index contributed by atoms with van der Waals surface area (Å²) in [7, 11) is 0. The van der Waals surface area contributed by atoms with E-state index in [4.69, 9.17) is 4.74 Å². The van der Waals surface area contributed by atoms with Gasteiger partial charge in [-0.3, -0.25) is 4.79 Å². The molecule has 2 unspecified atom stereocenters. The maximum atomic E-state index is 12.4. The fraction of sp³-hybridized carbons (Fsp3) is 0.923. The number of amides is 1. The van der Waals surface area contributed by atoms with Gasteiger partial charge in [0.1, 0.15) is 0 Å². The van der Waals surface area contributed by atoms with Gasteiger partial charge in [-0.2, -0.15) is 0 Å². The number of rotatable bonds is 3. The van der Waals surface area contributed by atoms with Gasteiger partial charge >= 0.3 is 0 Å². The second-order valence-electron chi connectivity index (χ2n) is 5.98. The summed E-state index contributed by atoms with van der Waals surface area (Å²) in [5.74, 6) is 0.294. The van der Waals surface area contributed by atoms with E-state index in [9.17, 15) is 4.79 Å². The SMILES string of the molecule is CCNC1COCC1C(=O)N1CCC(C)(C)C1. The number of carbonyl (C=O) groups is 1. The van der Waals surface area contributed by atoms with Crippen molar-refractivity contribution in [1.82, 2.24) is 10.2 Å². The number of carbonyl (C=O) groups excluding carboxylic acids is 1. The molecule has 0 aromatic carbocycles. The standard InChI is InChI=1S/C13H24N2O2/c1-4-14-11-8-17-7-10(11)12(16)15-6-5-13(2,3)9-15/h10-11,14H,4-9H2,1-3H3. The Balaban J connectivity index is 1.95. The first-order valence-corrected chi connectivity index (χ1v) is 6.63. The van der Waals surface area contributed by atoms with E-state index in [-0.39, 0.29) is 23.3 Å². The number of ether oxygens (including phenoxy) is 1. The number of hydrogen-bond donors (Lipinski definition) is 1. The Bertz CT molecular complexity index is 291. The molecule has 0 radical (unpaired) electrons. The molecule has 1 amide bonds. The highest BCUT2D eigenvalue weighted by atomic mass is 16.5. The van der Waals surface area contributed by atoms with Crippen LogP contribution in [0.1, 0.15) is 27.2 Å². The lowest BCUT2D eigenvalue weighted by Gasteiger charge is -2.25. The highest BCUT2D eigenvalue weighted by Gasteiger charge is 2.40. The predicted octanol–water partition coefficient (Wildman–Crippen LogP) is 0.869. The van der Waals surface area contributed by atoms with Crippen molar-refractivity contribution < 1.29 is 9.53 Å². The van der Waals surface area contributed by atoms with Crippen molar-refractivity contribution in [1.29, 1.82) is 0 Å². The van der Waals surface area contributed by atoms with Crippen molar-refractivity contribution in [3.63, 3.8) is 0 Å². The van der Waals surface area contributed by atoms with E-state index in [1.807, 2.05) is 4.90 Å². The van der Waals surface area contributed by atoms with Crippen LogP contribution in [-0.4, -0.2) is 49.7 Å². The second kappa shape index (κ2) is 4.94. The summed E-state index contributed by atoms with van der Waals surface area (Å²) in [5.41, 5.74) is 0.281. The zero-order valence-corrected chi connectivity index (χ0v) is 11.2. The minimum Gasteiger partial charge on any atom is -0.379 e. The largest absolute Gasteiger partial charge is 0.379 e. The van der Waals surface area contributed by atoms with Crippen LogP contribution in [0, 0.1) is 11.3 Å². The minimum absolute atomic E-state index is 0.0175. The first-order chi connectivity index (χ1) is 8.03. The molecule has 17 heavy (non-hydrogen) atoms.